The minimum absolute atomic E-state index is 0.0949. The molecule has 16 heavy (non-hydrogen) atoms. The third kappa shape index (κ3) is 2.57. The first-order valence-corrected chi connectivity index (χ1v) is 7.84. The first-order chi connectivity index (χ1) is 7.37. The van der Waals surface area contributed by atoms with Crippen LogP contribution in [0.3, 0.4) is 0 Å². The fourth-order valence-electron chi connectivity index (χ4n) is 3.33. The molecule has 0 aromatic heterocycles. The van der Waals surface area contributed by atoms with E-state index in [0.717, 1.165) is 19.1 Å². The second-order valence-electron chi connectivity index (χ2n) is 5.32. The van der Waals surface area contributed by atoms with Gasteiger partial charge in [0, 0.05) is 18.1 Å². The number of nitrogens with zero attached hydrogens (tertiary/aromatic N) is 1. The zero-order chi connectivity index (χ0) is 11.9. The Labute approximate surface area is 98.1 Å². The molecule has 0 radical (unpaired) electrons. The summed E-state index contributed by atoms with van der Waals surface area (Å²) in [5.41, 5.74) is 0. The van der Waals surface area contributed by atoms with Gasteiger partial charge >= 0.3 is 0 Å². The van der Waals surface area contributed by atoms with Gasteiger partial charge in [0.15, 0.2) is 0 Å². The SMILES string of the molecule is CC(C)N1[C@@H]2CC[C@H]1CC(OS(C)(=O)=O)C2. The summed E-state index contributed by atoms with van der Waals surface area (Å²) in [6.07, 6.45) is 5.15. The molecular formula is C11H21NO3S. The van der Waals surface area contributed by atoms with E-state index in [4.69, 9.17) is 4.18 Å². The summed E-state index contributed by atoms with van der Waals surface area (Å²) < 4.78 is 27.4. The average molecular weight is 247 g/mol. The van der Waals surface area contributed by atoms with Crippen LogP contribution in [0.1, 0.15) is 39.5 Å². The smallest absolute Gasteiger partial charge is 0.264 e. The Morgan fingerprint density at radius 2 is 1.69 bits per heavy atom. The Morgan fingerprint density at radius 3 is 2.06 bits per heavy atom. The number of rotatable bonds is 3. The number of hydrogen-bond donors (Lipinski definition) is 0. The first-order valence-electron chi connectivity index (χ1n) is 6.02. The minimum atomic E-state index is -3.30. The number of fused-ring (bicyclic) bond motifs is 2. The molecule has 2 saturated heterocycles. The lowest BCUT2D eigenvalue weighted by Gasteiger charge is -2.40. The summed E-state index contributed by atoms with van der Waals surface area (Å²) in [7, 11) is -3.30. The highest BCUT2D eigenvalue weighted by Crippen LogP contribution is 2.38. The highest BCUT2D eigenvalue weighted by molar-refractivity contribution is 7.86. The van der Waals surface area contributed by atoms with Crippen molar-refractivity contribution in [3.05, 3.63) is 0 Å². The van der Waals surface area contributed by atoms with Crippen LogP contribution in [0.25, 0.3) is 0 Å². The summed E-state index contributed by atoms with van der Waals surface area (Å²) >= 11 is 0. The molecule has 2 bridgehead atoms. The van der Waals surface area contributed by atoms with Gasteiger partial charge in [0.2, 0.25) is 0 Å². The summed E-state index contributed by atoms with van der Waals surface area (Å²) in [6.45, 7) is 4.42. The molecule has 5 heteroatoms. The molecular weight excluding hydrogens is 226 g/mol. The molecule has 0 aromatic rings. The van der Waals surface area contributed by atoms with E-state index in [9.17, 15) is 8.42 Å². The molecule has 2 aliphatic rings. The molecule has 0 aliphatic carbocycles. The van der Waals surface area contributed by atoms with E-state index in [2.05, 4.69) is 18.7 Å². The lowest BCUT2D eigenvalue weighted by atomic mass is 9.98. The van der Waals surface area contributed by atoms with Crippen LogP contribution < -0.4 is 0 Å². The molecule has 2 fully saturated rings. The van der Waals surface area contributed by atoms with Crippen LogP contribution in [0.4, 0.5) is 0 Å². The van der Waals surface area contributed by atoms with Crippen LogP contribution in [-0.2, 0) is 14.3 Å². The van der Waals surface area contributed by atoms with Crippen molar-refractivity contribution in [3.8, 4) is 0 Å². The molecule has 0 aromatic carbocycles. The van der Waals surface area contributed by atoms with Gasteiger partial charge in [-0.2, -0.15) is 8.42 Å². The van der Waals surface area contributed by atoms with Gasteiger partial charge in [0.1, 0.15) is 0 Å². The van der Waals surface area contributed by atoms with Crippen LogP contribution >= 0.6 is 0 Å². The van der Waals surface area contributed by atoms with Gasteiger partial charge in [0.05, 0.1) is 12.4 Å². The zero-order valence-electron chi connectivity index (χ0n) is 10.2. The molecule has 0 N–H and O–H groups in total. The van der Waals surface area contributed by atoms with E-state index in [1.165, 1.54) is 12.8 Å². The maximum atomic E-state index is 11.1. The van der Waals surface area contributed by atoms with Crippen molar-refractivity contribution in [3.63, 3.8) is 0 Å². The van der Waals surface area contributed by atoms with Crippen LogP contribution in [-0.4, -0.2) is 43.8 Å². The highest BCUT2D eigenvalue weighted by Gasteiger charge is 2.42. The third-order valence-corrected chi connectivity index (χ3v) is 4.28. The van der Waals surface area contributed by atoms with Crippen LogP contribution in [0.5, 0.6) is 0 Å². The van der Waals surface area contributed by atoms with E-state index in [1.807, 2.05) is 0 Å². The molecule has 3 atom stereocenters. The summed E-state index contributed by atoms with van der Waals surface area (Å²) in [6, 6.07) is 1.59. The standard InChI is InChI=1S/C11H21NO3S/c1-8(2)12-9-4-5-10(12)7-11(6-9)15-16(3,13)14/h8-11H,4-7H2,1-3H3/t9-,10+,11?. The van der Waals surface area contributed by atoms with Crippen molar-refractivity contribution in [2.45, 2.75) is 63.8 Å². The van der Waals surface area contributed by atoms with Crippen LogP contribution in [0.15, 0.2) is 0 Å². The average Bonchev–Trinajstić information content (AvgIpc) is 2.36. The van der Waals surface area contributed by atoms with Gasteiger partial charge in [-0.25, -0.2) is 0 Å². The van der Waals surface area contributed by atoms with E-state index in [1.54, 1.807) is 0 Å². The van der Waals surface area contributed by atoms with E-state index in [-0.39, 0.29) is 6.10 Å². The second kappa shape index (κ2) is 4.27. The minimum Gasteiger partial charge on any atom is -0.295 e. The van der Waals surface area contributed by atoms with E-state index < -0.39 is 10.1 Å². The van der Waals surface area contributed by atoms with Gasteiger partial charge in [-0.1, -0.05) is 0 Å². The molecule has 94 valence electrons. The number of hydrogen-bond acceptors (Lipinski definition) is 4. The van der Waals surface area contributed by atoms with Crippen molar-refractivity contribution >= 4 is 10.1 Å². The Kier molecular flexibility index (Phi) is 3.29. The largest absolute Gasteiger partial charge is 0.295 e. The molecule has 4 nitrogen and oxygen atoms in total. The quantitative estimate of drug-likeness (QED) is 0.707. The van der Waals surface area contributed by atoms with Crippen molar-refractivity contribution in [1.82, 2.24) is 4.90 Å². The highest BCUT2D eigenvalue weighted by atomic mass is 32.2. The van der Waals surface area contributed by atoms with Gasteiger partial charge in [0.25, 0.3) is 10.1 Å². The third-order valence-electron chi connectivity index (χ3n) is 3.65. The summed E-state index contributed by atoms with van der Waals surface area (Å²) in [5, 5.41) is 0. The van der Waals surface area contributed by atoms with E-state index >= 15 is 0 Å². The fourth-order valence-corrected chi connectivity index (χ4v) is 3.98. The van der Waals surface area contributed by atoms with Crippen molar-refractivity contribution in [1.29, 1.82) is 0 Å². The topological polar surface area (TPSA) is 46.6 Å². The molecule has 1 unspecified atom stereocenters. The molecule has 0 amide bonds. The summed E-state index contributed by atoms with van der Waals surface area (Å²) in [4.78, 5) is 2.53. The van der Waals surface area contributed by atoms with Crippen LogP contribution in [0.2, 0.25) is 0 Å². The maximum absolute atomic E-state index is 11.1. The fraction of sp³-hybridized carbons (Fsp3) is 1.00. The monoisotopic (exact) mass is 247 g/mol. The van der Waals surface area contributed by atoms with Crippen molar-refractivity contribution < 1.29 is 12.6 Å². The maximum Gasteiger partial charge on any atom is 0.264 e. The predicted octanol–water partition coefficient (Wildman–Crippen LogP) is 1.37. The Bertz CT molecular complexity index is 338. The van der Waals surface area contributed by atoms with Crippen molar-refractivity contribution in [2.75, 3.05) is 6.26 Å². The van der Waals surface area contributed by atoms with E-state index in [0.29, 0.717) is 18.1 Å². The summed E-state index contributed by atoms with van der Waals surface area (Å²) in [5.74, 6) is 0. The number of piperidine rings is 1. The van der Waals surface area contributed by atoms with Crippen LogP contribution in [0, 0.1) is 0 Å². The zero-order valence-corrected chi connectivity index (χ0v) is 11.0. The van der Waals surface area contributed by atoms with Gasteiger partial charge in [-0.15, -0.1) is 0 Å². The van der Waals surface area contributed by atoms with Gasteiger partial charge in [-0.05, 0) is 39.5 Å². The molecule has 0 saturated carbocycles. The molecule has 2 rings (SSSR count). The Morgan fingerprint density at radius 1 is 1.19 bits per heavy atom. The first kappa shape index (κ1) is 12.3. The molecule has 0 spiro atoms. The Hall–Kier alpha value is -0.130. The normalized spacial score (nSPS) is 35.9. The molecule has 2 aliphatic heterocycles. The Balaban J connectivity index is 2.02. The predicted molar refractivity (Wildman–Crippen MR) is 62.7 cm³/mol. The van der Waals surface area contributed by atoms with Gasteiger partial charge < -0.3 is 0 Å². The second-order valence-corrected chi connectivity index (χ2v) is 6.92. The van der Waals surface area contributed by atoms with Gasteiger partial charge in [-0.3, -0.25) is 9.08 Å². The lowest BCUT2D eigenvalue weighted by molar-refractivity contribution is 0.0341. The lowest BCUT2D eigenvalue weighted by Crippen LogP contribution is -2.48. The van der Waals surface area contributed by atoms with Crippen molar-refractivity contribution in [2.24, 2.45) is 0 Å². The molecule has 2 heterocycles.